The second-order valence-electron chi connectivity index (χ2n) is 6.68. The normalized spacial score (nSPS) is 11.2. The van der Waals surface area contributed by atoms with E-state index in [4.69, 9.17) is 4.74 Å². The summed E-state index contributed by atoms with van der Waals surface area (Å²) in [4.78, 5) is 30.0. The molecule has 1 amide bonds. The Morgan fingerprint density at radius 1 is 1.16 bits per heavy atom. The van der Waals surface area contributed by atoms with Crippen LogP contribution in [0.2, 0.25) is 0 Å². The Bertz CT molecular complexity index is 1370. The smallest absolute Gasteiger partial charge is 0.256 e. The zero-order valence-electron chi connectivity index (χ0n) is 16.8. The maximum atomic E-state index is 12.6. The average Bonchev–Trinajstić information content (AvgIpc) is 3.03. The number of nitrogens with one attached hydrogen (secondary N) is 2. The standard InChI is InChI=1S/C21H18N6O5/c1-32-13-8-6-12(7-9-13)22-18(30)11-27-15-5-3-2-4-14(15)19(20(27)31)25-26-21-23-16(28)10-17(29)24-21/h2-10,31H,11H2,1H3,(H,22,30)(H2,23,24,28,29). The Morgan fingerprint density at radius 3 is 2.62 bits per heavy atom. The lowest BCUT2D eigenvalue weighted by Gasteiger charge is -2.09. The van der Waals surface area contributed by atoms with Gasteiger partial charge in [-0.15, -0.1) is 10.2 Å². The van der Waals surface area contributed by atoms with Crippen LogP contribution in [0.4, 0.5) is 17.3 Å². The number of nitrogens with zero attached hydrogens (tertiary/aromatic N) is 4. The van der Waals surface area contributed by atoms with Gasteiger partial charge in [0.05, 0.1) is 18.7 Å². The van der Waals surface area contributed by atoms with E-state index >= 15 is 0 Å². The second kappa shape index (κ2) is 8.60. The number of aromatic amines is 1. The predicted octanol–water partition coefficient (Wildman–Crippen LogP) is 3.20. The third-order valence-corrected chi connectivity index (χ3v) is 4.55. The molecule has 32 heavy (non-hydrogen) atoms. The van der Waals surface area contributed by atoms with Gasteiger partial charge in [0.25, 0.3) is 11.5 Å². The number of hydrogen-bond acceptors (Lipinski definition) is 8. The summed E-state index contributed by atoms with van der Waals surface area (Å²) in [6, 6.07) is 14.7. The summed E-state index contributed by atoms with van der Waals surface area (Å²) >= 11 is 0. The molecule has 11 heteroatoms. The molecule has 4 aromatic rings. The van der Waals surface area contributed by atoms with Crippen LogP contribution in [0.1, 0.15) is 0 Å². The minimum atomic E-state index is -0.603. The van der Waals surface area contributed by atoms with Crippen molar-refractivity contribution >= 4 is 34.1 Å². The number of carbonyl (C=O) groups excluding carboxylic acids is 1. The van der Waals surface area contributed by atoms with E-state index < -0.39 is 11.4 Å². The summed E-state index contributed by atoms with van der Waals surface area (Å²) in [6.07, 6.45) is 0. The molecule has 0 saturated heterocycles. The fourth-order valence-corrected chi connectivity index (χ4v) is 3.13. The number of H-pyrrole nitrogens is 1. The number of carbonyl (C=O) groups is 1. The Labute approximate surface area is 180 Å². The molecule has 162 valence electrons. The van der Waals surface area contributed by atoms with Crippen LogP contribution in [-0.4, -0.2) is 37.8 Å². The molecule has 0 spiro atoms. The molecule has 0 aliphatic carbocycles. The number of para-hydroxylation sites is 1. The van der Waals surface area contributed by atoms with Crippen LogP contribution in [0.3, 0.4) is 0 Å². The number of ether oxygens (including phenoxy) is 1. The number of methoxy groups -OCH3 is 1. The zero-order valence-corrected chi connectivity index (χ0v) is 16.8. The molecule has 0 radical (unpaired) electrons. The number of amides is 1. The topological polar surface area (TPSA) is 154 Å². The molecule has 0 aliphatic heterocycles. The molecule has 2 aromatic heterocycles. The number of benzene rings is 2. The first-order chi connectivity index (χ1) is 15.4. The molecular weight excluding hydrogens is 416 g/mol. The fraction of sp³-hybridized carbons (Fsp3) is 0.0952. The fourth-order valence-electron chi connectivity index (χ4n) is 3.13. The Hall–Kier alpha value is -4.67. The number of azo groups is 1. The molecule has 4 rings (SSSR count). The molecule has 0 fully saturated rings. The van der Waals surface area contributed by atoms with Crippen LogP contribution in [0, 0.1) is 0 Å². The first kappa shape index (κ1) is 20.6. The maximum Gasteiger partial charge on any atom is 0.256 e. The first-order valence-corrected chi connectivity index (χ1v) is 9.41. The van der Waals surface area contributed by atoms with E-state index in [9.17, 15) is 19.8 Å². The highest BCUT2D eigenvalue weighted by Gasteiger charge is 2.18. The molecule has 0 unspecified atom stereocenters. The number of hydrogen-bond donors (Lipinski definition) is 4. The van der Waals surface area contributed by atoms with Gasteiger partial charge in [0, 0.05) is 11.1 Å². The third-order valence-electron chi connectivity index (χ3n) is 4.55. The Balaban J connectivity index is 1.63. The van der Waals surface area contributed by atoms with E-state index in [-0.39, 0.29) is 30.0 Å². The SMILES string of the molecule is COc1ccc(NC(=O)Cn2c(O)c(N=Nc3nc(O)cc(=O)[nH]3)c3ccccc32)cc1. The van der Waals surface area contributed by atoms with Gasteiger partial charge in [-0.25, -0.2) is 0 Å². The van der Waals surface area contributed by atoms with Gasteiger partial charge < -0.3 is 24.8 Å². The van der Waals surface area contributed by atoms with Gasteiger partial charge in [-0.3, -0.25) is 14.6 Å². The number of fused-ring (bicyclic) bond motifs is 1. The van der Waals surface area contributed by atoms with E-state index in [1.165, 1.54) is 4.57 Å². The summed E-state index contributed by atoms with van der Waals surface area (Å²) in [6.45, 7) is -0.185. The lowest BCUT2D eigenvalue weighted by atomic mass is 10.2. The highest BCUT2D eigenvalue weighted by Crippen LogP contribution is 2.39. The molecule has 0 aliphatic rings. The van der Waals surface area contributed by atoms with Crippen molar-refractivity contribution in [2.45, 2.75) is 6.54 Å². The number of aromatic hydroxyl groups is 2. The van der Waals surface area contributed by atoms with Gasteiger partial charge in [-0.2, -0.15) is 4.98 Å². The minimum absolute atomic E-state index is 0.0869. The maximum absolute atomic E-state index is 12.6. The number of anilines is 1. The minimum Gasteiger partial charge on any atom is -0.497 e. The van der Waals surface area contributed by atoms with Crippen molar-refractivity contribution in [3.63, 3.8) is 0 Å². The molecule has 0 atom stereocenters. The van der Waals surface area contributed by atoms with Crippen molar-refractivity contribution in [1.29, 1.82) is 0 Å². The highest BCUT2D eigenvalue weighted by atomic mass is 16.5. The lowest BCUT2D eigenvalue weighted by Crippen LogP contribution is -2.18. The van der Waals surface area contributed by atoms with Gasteiger partial charge in [-0.05, 0) is 30.3 Å². The number of aromatic nitrogens is 3. The van der Waals surface area contributed by atoms with E-state index in [2.05, 4.69) is 25.5 Å². The van der Waals surface area contributed by atoms with Crippen LogP contribution in [0.15, 0.2) is 69.6 Å². The Morgan fingerprint density at radius 2 is 1.91 bits per heavy atom. The molecule has 11 nitrogen and oxygen atoms in total. The second-order valence-corrected chi connectivity index (χ2v) is 6.68. The summed E-state index contributed by atoms with van der Waals surface area (Å²) in [5.41, 5.74) is 0.615. The van der Waals surface area contributed by atoms with Crippen LogP contribution in [0.25, 0.3) is 10.9 Å². The van der Waals surface area contributed by atoms with Crippen molar-refractivity contribution in [3.05, 3.63) is 65.0 Å². The van der Waals surface area contributed by atoms with Crippen molar-refractivity contribution in [3.8, 4) is 17.5 Å². The summed E-state index contributed by atoms with van der Waals surface area (Å²) < 4.78 is 6.49. The van der Waals surface area contributed by atoms with Gasteiger partial charge in [-0.1, -0.05) is 18.2 Å². The van der Waals surface area contributed by atoms with E-state index in [0.29, 0.717) is 22.3 Å². The summed E-state index contributed by atoms with van der Waals surface area (Å²) in [5, 5.41) is 31.3. The Kier molecular flexibility index (Phi) is 5.53. The predicted molar refractivity (Wildman–Crippen MR) is 116 cm³/mol. The van der Waals surface area contributed by atoms with Crippen LogP contribution in [0.5, 0.6) is 17.5 Å². The largest absolute Gasteiger partial charge is 0.497 e. The van der Waals surface area contributed by atoms with Crippen LogP contribution >= 0.6 is 0 Å². The van der Waals surface area contributed by atoms with Crippen molar-refractivity contribution in [1.82, 2.24) is 14.5 Å². The van der Waals surface area contributed by atoms with Crippen LogP contribution < -0.4 is 15.6 Å². The summed E-state index contributed by atoms with van der Waals surface area (Å²) in [7, 11) is 1.55. The van der Waals surface area contributed by atoms with E-state index in [0.717, 1.165) is 6.07 Å². The first-order valence-electron chi connectivity index (χ1n) is 9.41. The monoisotopic (exact) mass is 434 g/mol. The van der Waals surface area contributed by atoms with Gasteiger partial charge >= 0.3 is 0 Å². The molecule has 0 saturated carbocycles. The summed E-state index contributed by atoms with van der Waals surface area (Å²) in [5.74, 6) is -0.737. The number of rotatable bonds is 6. The van der Waals surface area contributed by atoms with Gasteiger partial charge in [0.1, 0.15) is 12.3 Å². The lowest BCUT2D eigenvalue weighted by molar-refractivity contribution is -0.116. The van der Waals surface area contributed by atoms with Crippen molar-refractivity contribution < 1.29 is 19.7 Å². The average molecular weight is 434 g/mol. The van der Waals surface area contributed by atoms with Crippen molar-refractivity contribution in [2.24, 2.45) is 10.2 Å². The third kappa shape index (κ3) is 4.26. The van der Waals surface area contributed by atoms with Gasteiger partial charge in [0.2, 0.25) is 17.7 Å². The molecule has 4 N–H and O–H groups in total. The van der Waals surface area contributed by atoms with E-state index in [1.54, 1.807) is 55.6 Å². The molecular formula is C21H18N6O5. The van der Waals surface area contributed by atoms with Crippen molar-refractivity contribution in [2.75, 3.05) is 12.4 Å². The zero-order chi connectivity index (χ0) is 22.7. The molecule has 0 bridgehead atoms. The molecule has 2 aromatic carbocycles. The quantitative estimate of drug-likeness (QED) is 0.342. The van der Waals surface area contributed by atoms with Gasteiger partial charge in [0.15, 0.2) is 5.69 Å². The molecule has 2 heterocycles. The van der Waals surface area contributed by atoms with E-state index in [1.807, 2.05) is 0 Å². The van der Waals surface area contributed by atoms with Crippen LogP contribution in [-0.2, 0) is 11.3 Å². The highest BCUT2D eigenvalue weighted by molar-refractivity contribution is 5.97.